The summed E-state index contributed by atoms with van der Waals surface area (Å²) in [5.41, 5.74) is 1.07. The van der Waals surface area contributed by atoms with E-state index in [2.05, 4.69) is 20.0 Å². The van der Waals surface area contributed by atoms with Gasteiger partial charge in [0.05, 0.1) is 4.90 Å². The standard InChI is InChI=1S/C19H14Cl2N4O3S/c20-14-4-2-13(17(21)12-14)3-9-18(26)24-15-5-7-16(8-6-15)29(27,28)25-19-22-10-1-11-23-19/h1-12H,(H,24,26)(H,22,23,25). The highest BCUT2D eigenvalue weighted by Gasteiger charge is 2.15. The van der Waals surface area contributed by atoms with Crippen molar-refractivity contribution in [1.82, 2.24) is 9.97 Å². The predicted octanol–water partition coefficient (Wildman–Crippen LogP) is 4.24. The number of benzene rings is 2. The largest absolute Gasteiger partial charge is 0.323 e. The lowest BCUT2D eigenvalue weighted by atomic mass is 10.2. The van der Waals surface area contributed by atoms with Crippen molar-refractivity contribution in [2.75, 3.05) is 10.0 Å². The lowest BCUT2D eigenvalue weighted by Crippen LogP contribution is -2.15. The van der Waals surface area contributed by atoms with E-state index in [1.807, 2.05) is 0 Å². The molecule has 1 amide bonds. The molecule has 3 rings (SSSR count). The second-order valence-electron chi connectivity index (χ2n) is 5.69. The fourth-order valence-electron chi connectivity index (χ4n) is 2.23. The first-order valence-electron chi connectivity index (χ1n) is 8.17. The number of nitrogens with one attached hydrogen (secondary N) is 2. The molecule has 0 saturated carbocycles. The van der Waals surface area contributed by atoms with Crippen LogP contribution in [0.25, 0.3) is 6.08 Å². The first-order chi connectivity index (χ1) is 13.8. The summed E-state index contributed by atoms with van der Waals surface area (Å²) in [6.07, 6.45) is 5.72. The van der Waals surface area contributed by atoms with Crippen LogP contribution >= 0.6 is 23.2 Å². The molecule has 29 heavy (non-hydrogen) atoms. The number of sulfonamides is 1. The number of carbonyl (C=O) groups is 1. The van der Waals surface area contributed by atoms with Crippen LogP contribution in [0.15, 0.2) is 71.9 Å². The Morgan fingerprint density at radius 2 is 1.69 bits per heavy atom. The van der Waals surface area contributed by atoms with Crippen LogP contribution in [0.4, 0.5) is 11.6 Å². The molecule has 2 aromatic carbocycles. The van der Waals surface area contributed by atoms with Crippen LogP contribution in [-0.4, -0.2) is 24.3 Å². The van der Waals surface area contributed by atoms with E-state index in [1.54, 1.807) is 30.3 Å². The highest BCUT2D eigenvalue weighted by Crippen LogP contribution is 2.22. The molecule has 1 aromatic heterocycles. The van der Waals surface area contributed by atoms with Gasteiger partial charge in [0.1, 0.15) is 0 Å². The van der Waals surface area contributed by atoms with Crippen molar-refractivity contribution in [3.8, 4) is 0 Å². The Kier molecular flexibility index (Phi) is 6.48. The van der Waals surface area contributed by atoms with Crippen LogP contribution in [0.5, 0.6) is 0 Å². The van der Waals surface area contributed by atoms with Gasteiger partial charge in [-0.25, -0.2) is 23.1 Å². The summed E-state index contributed by atoms with van der Waals surface area (Å²) in [6.45, 7) is 0. The Morgan fingerprint density at radius 1 is 1.00 bits per heavy atom. The molecule has 148 valence electrons. The van der Waals surface area contributed by atoms with Crippen molar-refractivity contribution in [3.63, 3.8) is 0 Å². The van der Waals surface area contributed by atoms with Gasteiger partial charge in [0, 0.05) is 34.2 Å². The summed E-state index contributed by atoms with van der Waals surface area (Å²) >= 11 is 11.9. The van der Waals surface area contributed by atoms with Gasteiger partial charge in [-0.05, 0) is 54.1 Å². The normalized spacial score (nSPS) is 11.4. The van der Waals surface area contributed by atoms with Gasteiger partial charge < -0.3 is 5.32 Å². The highest BCUT2D eigenvalue weighted by atomic mass is 35.5. The van der Waals surface area contributed by atoms with Crippen molar-refractivity contribution in [2.24, 2.45) is 0 Å². The average Bonchev–Trinajstić information content (AvgIpc) is 2.68. The fraction of sp³-hybridized carbons (Fsp3) is 0. The molecule has 0 bridgehead atoms. The minimum absolute atomic E-state index is 0.00596. The van der Waals surface area contributed by atoms with Crippen molar-refractivity contribution >= 4 is 56.8 Å². The van der Waals surface area contributed by atoms with E-state index in [0.29, 0.717) is 21.3 Å². The molecular weight excluding hydrogens is 435 g/mol. The number of anilines is 2. The Labute approximate surface area is 177 Å². The number of hydrogen-bond acceptors (Lipinski definition) is 5. The molecule has 0 spiro atoms. The molecule has 0 unspecified atom stereocenters. The van der Waals surface area contributed by atoms with E-state index in [4.69, 9.17) is 23.2 Å². The third-order valence-corrected chi connectivity index (χ3v) is 5.51. The zero-order valence-electron chi connectivity index (χ0n) is 14.7. The van der Waals surface area contributed by atoms with E-state index < -0.39 is 15.9 Å². The lowest BCUT2D eigenvalue weighted by Gasteiger charge is -2.07. The van der Waals surface area contributed by atoms with Gasteiger partial charge in [0.25, 0.3) is 10.0 Å². The molecule has 1 heterocycles. The maximum Gasteiger partial charge on any atom is 0.264 e. The fourth-order valence-corrected chi connectivity index (χ4v) is 3.66. The Balaban J connectivity index is 1.65. The van der Waals surface area contributed by atoms with Crippen LogP contribution in [0.3, 0.4) is 0 Å². The lowest BCUT2D eigenvalue weighted by molar-refractivity contribution is -0.111. The Morgan fingerprint density at radius 3 is 2.34 bits per heavy atom. The molecule has 0 fully saturated rings. The third-order valence-electron chi connectivity index (χ3n) is 3.60. The number of halogens is 2. The Bertz CT molecular complexity index is 1150. The van der Waals surface area contributed by atoms with Crippen molar-refractivity contribution in [1.29, 1.82) is 0 Å². The number of hydrogen-bond donors (Lipinski definition) is 2. The van der Waals surface area contributed by atoms with Crippen LogP contribution in [-0.2, 0) is 14.8 Å². The van der Waals surface area contributed by atoms with Crippen molar-refractivity contribution in [3.05, 3.63) is 82.6 Å². The molecule has 0 aliphatic carbocycles. The smallest absolute Gasteiger partial charge is 0.264 e. The third kappa shape index (κ3) is 5.77. The van der Waals surface area contributed by atoms with E-state index in [9.17, 15) is 13.2 Å². The average molecular weight is 449 g/mol. The zero-order valence-corrected chi connectivity index (χ0v) is 17.0. The van der Waals surface area contributed by atoms with E-state index >= 15 is 0 Å². The molecule has 2 N–H and O–H groups in total. The molecule has 0 aliphatic heterocycles. The van der Waals surface area contributed by atoms with Gasteiger partial charge >= 0.3 is 0 Å². The number of aromatic nitrogens is 2. The molecule has 0 aliphatic rings. The molecular formula is C19H14Cl2N4O3S. The number of amides is 1. The van der Waals surface area contributed by atoms with Gasteiger partial charge in [-0.15, -0.1) is 0 Å². The molecule has 3 aromatic rings. The summed E-state index contributed by atoms with van der Waals surface area (Å²) in [6, 6.07) is 12.2. The summed E-state index contributed by atoms with van der Waals surface area (Å²) in [7, 11) is -3.84. The van der Waals surface area contributed by atoms with Gasteiger partial charge in [0.2, 0.25) is 11.9 Å². The quantitative estimate of drug-likeness (QED) is 0.549. The predicted molar refractivity (Wildman–Crippen MR) is 113 cm³/mol. The molecule has 10 heteroatoms. The van der Waals surface area contributed by atoms with Crippen LogP contribution in [0, 0.1) is 0 Å². The van der Waals surface area contributed by atoms with E-state index in [1.165, 1.54) is 42.7 Å². The van der Waals surface area contributed by atoms with Crippen molar-refractivity contribution in [2.45, 2.75) is 4.90 Å². The Hall–Kier alpha value is -2.94. The SMILES string of the molecule is O=C(C=Cc1ccc(Cl)cc1Cl)Nc1ccc(S(=O)(=O)Nc2ncccn2)cc1. The first kappa shape index (κ1) is 20.8. The van der Waals surface area contributed by atoms with Crippen LogP contribution < -0.4 is 10.0 Å². The summed E-state index contributed by atoms with van der Waals surface area (Å²) in [4.78, 5) is 19.7. The van der Waals surface area contributed by atoms with E-state index in [0.717, 1.165) is 0 Å². The zero-order chi connectivity index (χ0) is 20.9. The topological polar surface area (TPSA) is 101 Å². The molecule has 0 saturated heterocycles. The van der Waals surface area contributed by atoms with Crippen LogP contribution in [0.1, 0.15) is 5.56 Å². The summed E-state index contributed by atoms with van der Waals surface area (Å²) in [5, 5.41) is 3.56. The van der Waals surface area contributed by atoms with Crippen LogP contribution in [0.2, 0.25) is 10.0 Å². The van der Waals surface area contributed by atoms with Gasteiger partial charge in [-0.1, -0.05) is 29.3 Å². The maximum atomic E-state index is 12.3. The minimum atomic E-state index is -3.84. The second kappa shape index (κ2) is 9.04. The van der Waals surface area contributed by atoms with E-state index in [-0.39, 0.29) is 10.8 Å². The number of rotatable bonds is 6. The second-order valence-corrected chi connectivity index (χ2v) is 8.22. The molecule has 7 nitrogen and oxygen atoms in total. The van der Waals surface area contributed by atoms with Gasteiger partial charge in [-0.2, -0.15) is 0 Å². The number of carbonyl (C=O) groups excluding carboxylic acids is 1. The van der Waals surface area contributed by atoms with Gasteiger partial charge in [0.15, 0.2) is 0 Å². The molecule has 0 radical (unpaired) electrons. The first-order valence-corrected chi connectivity index (χ1v) is 10.4. The monoisotopic (exact) mass is 448 g/mol. The maximum absolute atomic E-state index is 12.3. The van der Waals surface area contributed by atoms with Gasteiger partial charge in [-0.3, -0.25) is 4.79 Å². The summed E-state index contributed by atoms with van der Waals surface area (Å²) < 4.78 is 26.9. The number of nitrogens with zero attached hydrogens (tertiary/aromatic N) is 2. The molecule has 0 atom stereocenters. The minimum Gasteiger partial charge on any atom is -0.323 e. The highest BCUT2D eigenvalue weighted by molar-refractivity contribution is 7.92. The van der Waals surface area contributed by atoms with Crippen molar-refractivity contribution < 1.29 is 13.2 Å². The summed E-state index contributed by atoms with van der Waals surface area (Å²) in [5.74, 6) is -0.432.